The molecule has 0 aromatic heterocycles. The number of hydrogen-bond acceptors (Lipinski definition) is 2. The summed E-state index contributed by atoms with van der Waals surface area (Å²) in [7, 11) is 0. The molecule has 0 unspecified atom stereocenters. The second-order valence-electron chi connectivity index (χ2n) is 5.14. The Labute approximate surface area is 127 Å². The van der Waals surface area contributed by atoms with Gasteiger partial charge in [-0.3, -0.25) is 9.59 Å². The third kappa shape index (κ3) is 5.05. The molecule has 0 spiro atoms. The number of alkyl halides is 3. The normalized spacial score (nSPS) is 14.1. The first kappa shape index (κ1) is 18.0. The molecule has 0 saturated heterocycles. The van der Waals surface area contributed by atoms with Gasteiger partial charge < -0.3 is 10.6 Å². The van der Waals surface area contributed by atoms with Crippen molar-refractivity contribution in [1.29, 1.82) is 0 Å². The number of rotatable bonds is 5. The van der Waals surface area contributed by atoms with E-state index in [0.29, 0.717) is 12.1 Å². The predicted molar refractivity (Wildman–Crippen MR) is 77.5 cm³/mol. The van der Waals surface area contributed by atoms with Gasteiger partial charge in [0.15, 0.2) is 0 Å². The minimum Gasteiger partial charge on any atom is -0.340 e. The molecule has 0 bridgehead atoms. The molecular weight excluding hydrogens is 297 g/mol. The lowest BCUT2D eigenvalue weighted by Gasteiger charge is -2.26. The molecule has 0 saturated carbocycles. The van der Waals surface area contributed by atoms with E-state index in [9.17, 15) is 22.8 Å². The van der Waals surface area contributed by atoms with E-state index in [2.05, 4.69) is 5.32 Å². The van der Waals surface area contributed by atoms with Gasteiger partial charge in [-0.1, -0.05) is 20.3 Å². The van der Waals surface area contributed by atoms with Gasteiger partial charge in [-0.05, 0) is 30.2 Å². The van der Waals surface area contributed by atoms with E-state index in [1.54, 1.807) is 6.92 Å². The maximum Gasteiger partial charge on any atom is 0.408 e. The molecule has 0 aliphatic rings. The van der Waals surface area contributed by atoms with Crippen LogP contribution in [-0.2, 0) is 4.79 Å². The first-order chi connectivity index (χ1) is 10.1. The van der Waals surface area contributed by atoms with Crippen molar-refractivity contribution >= 4 is 17.5 Å². The van der Waals surface area contributed by atoms with Crippen molar-refractivity contribution in [2.75, 3.05) is 5.32 Å². The Hall–Kier alpha value is -2.05. The number of anilines is 1. The van der Waals surface area contributed by atoms with E-state index in [1.165, 1.54) is 38.1 Å². The standard InChI is InChI=1S/C15H19F3N2O2/c1-4-9(2)13(15(16,17)18)20-14(22)11-5-7-12(8-6-11)19-10(3)21/h5-9,13H,4H2,1-3H3,(H,19,21)(H,20,22)/t9-,13+/m1/s1. The van der Waals surface area contributed by atoms with Gasteiger partial charge >= 0.3 is 6.18 Å². The SMILES string of the molecule is CC[C@@H](C)[C@H](NC(=O)c1ccc(NC(C)=O)cc1)C(F)(F)F. The van der Waals surface area contributed by atoms with Crippen LogP contribution in [0.4, 0.5) is 18.9 Å². The van der Waals surface area contributed by atoms with Crippen molar-refractivity contribution in [1.82, 2.24) is 5.32 Å². The van der Waals surface area contributed by atoms with Gasteiger partial charge in [-0.25, -0.2) is 0 Å². The molecule has 1 rings (SSSR count). The van der Waals surface area contributed by atoms with Crippen LogP contribution in [0.2, 0.25) is 0 Å². The highest BCUT2D eigenvalue weighted by atomic mass is 19.4. The number of halogens is 3. The molecule has 2 atom stereocenters. The first-order valence-electron chi connectivity index (χ1n) is 6.90. The molecule has 2 amide bonds. The molecule has 2 N–H and O–H groups in total. The molecule has 7 heteroatoms. The molecule has 1 aromatic carbocycles. The van der Waals surface area contributed by atoms with Gasteiger partial charge in [0.1, 0.15) is 6.04 Å². The van der Waals surface area contributed by atoms with E-state index in [4.69, 9.17) is 0 Å². The maximum atomic E-state index is 13.0. The molecule has 0 radical (unpaired) electrons. The summed E-state index contributed by atoms with van der Waals surface area (Å²) in [6.45, 7) is 4.41. The van der Waals surface area contributed by atoms with E-state index in [1.807, 2.05) is 5.32 Å². The van der Waals surface area contributed by atoms with Crippen LogP contribution >= 0.6 is 0 Å². The summed E-state index contributed by atoms with van der Waals surface area (Å²) in [5.74, 6) is -1.79. The lowest BCUT2D eigenvalue weighted by atomic mass is 9.98. The van der Waals surface area contributed by atoms with Crippen LogP contribution in [0.15, 0.2) is 24.3 Å². The first-order valence-corrected chi connectivity index (χ1v) is 6.90. The molecule has 0 aliphatic heterocycles. The van der Waals surface area contributed by atoms with Crippen LogP contribution in [-0.4, -0.2) is 24.0 Å². The zero-order valence-corrected chi connectivity index (χ0v) is 12.6. The fourth-order valence-corrected chi connectivity index (χ4v) is 1.92. The van der Waals surface area contributed by atoms with Crippen molar-refractivity contribution in [3.05, 3.63) is 29.8 Å². The summed E-state index contributed by atoms with van der Waals surface area (Å²) in [5, 5.41) is 4.55. The predicted octanol–water partition coefficient (Wildman–Crippen LogP) is 3.35. The highest BCUT2D eigenvalue weighted by Crippen LogP contribution is 2.27. The lowest BCUT2D eigenvalue weighted by molar-refractivity contribution is -0.164. The Morgan fingerprint density at radius 3 is 2.14 bits per heavy atom. The highest BCUT2D eigenvalue weighted by molar-refractivity contribution is 5.95. The number of nitrogens with one attached hydrogen (secondary N) is 2. The maximum absolute atomic E-state index is 13.0. The molecule has 4 nitrogen and oxygen atoms in total. The number of hydrogen-bond donors (Lipinski definition) is 2. The van der Waals surface area contributed by atoms with E-state index >= 15 is 0 Å². The van der Waals surface area contributed by atoms with E-state index in [0.717, 1.165) is 0 Å². The molecule has 22 heavy (non-hydrogen) atoms. The van der Waals surface area contributed by atoms with Gasteiger partial charge in [0, 0.05) is 18.2 Å². The van der Waals surface area contributed by atoms with Crippen LogP contribution in [0.1, 0.15) is 37.6 Å². The second kappa shape index (κ2) is 7.29. The fourth-order valence-electron chi connectivity index (χ4n) is 1.92. The topological polar surface area (TPSA) is 58.2 Å². The Kier molecular flexibility index (Phi) is 5.96. The average molecular weight is 316 g/mol. The van der Waals surface area contributed by atoms with Crippen LogP contribution < -0.4 is 10.6 Å². The number of benzene rings is 1. The zero-order valence-electron chi connectivity index (χ0n) is 12.6. The second-order valence-corrected chi connectivity index (χ2v) is 5.14. The molecule has 122 valence electrons. The Morgan fingerprint density at radius 2 is 1.73 bits per heavy atom. The summed E-state index contributed by atoms with van der Waals surface area (Å²) in [5.41, 5.74) is 0.574. The van der Waals surface area contributed by atoms with Gasteiger partial charge in [-0.2, -0.15) is 13.2 Å². The number of carbonyl (C=O) groups excluding carboxylic acids is 2. The summed E-state index contributed by atoms with van der Waals surface area (Å²) in [4.78, 5) is 22.8. The zero-order chi connectivity index (χ0) is 16.9. The average Bonchev–Trinajstić information content (AvgIpc) is 2.42. The van der Waals surface area contributed by atoms with Crippen LogP contribution in [0, 0.1) is 5.92 Å². The van der Waals surface area contributed by atoms with Crippen LogP contribution in [0.5, 0.6) is 0 Å². The molecular formula is C15H19F3N2O2. The molecule has 0 fully saturated rings. The van der Waals surface area contributed by atoms with Gasteiger partial charge in [-0.15, -0.1) is 0 Å². The van der Waals surface area contributed by atoms with Crippen molar-refractivity contribution in [3.63, 3.8) is 0 Å². The third-order valence-corrected chi connectivity index (χ3v) is 3.32. The largest absolute Gasteiger partial charge is 0.408 e. The number of carbonyl (C=O) groups is 2. The number of amides is 2. The monoisotopic (exact) mass is 316 g/mol. The van der Waals surface area contributed by atoms with Gasteiger partial charge in [0.25, 0.3) is 5.91 Å². The summed E-state index contributed by atoms with van der Waals surface area (Å²) >= 11 is 0. The molecule has 0 aliphatic carbocycles. The fraction of sp³-hybridized carbons (Fsp3) is 0.467. The highest BCUT2D eigenvalue weighted by Gasteiger charge is 2.43. The van der Waals surface area contributed by atoms with Crippen LogP contribution in [0.25, 0.3) is 0 Å². The lowest BCUT2D eigenvalue weighted by Crippen LogP contribution is -2.49. The van der Waals surface area contributed by atoms with Crippen LogP contribution in [0.3, 0.4) is 0 Å². The summed E-state index contributed by atoms with van der Waals surface area (Å²) in [6, 6.07) is 3.76. The summed E-state index contributed by atoms with van der Waals surface area (Å²) in [6.07, 6.45) is -4.20. The quantitative estimate of drug-likeness (QED) is 0.875. The summed E-state index contributed by atoms with van der Waals surface area (Å²) < 4.78 is 38.9. The van der Waals surface area contributed by atoms with Crippen molar-refractivity contribution in [3.8, 4) is 0 Å². The van der Waals surface area contributed by atoms with Crippen molar-refractivity contribution in [2.24, 2.45) is 5.92 Å². The van der Waals surface area contributed by atoms with Gasteiger partial charge in [0.2, 0.25) is 5.91 Å². The van der Waals surface area contributed by atoms with Crippen molar-refractivity contribution < 1.29 is 22.8 Å². The Balaban J connectivity index is 2.84. The third-order valence-electron chi connectivity index (χ3n) is 3.32. The minimum atomic E-state index is -4.50. The van der Waals surface area contributed by atoms with Gasteiger partial charge in [0.05, 0.1) is 0 Å². The Bertz CT molecular complexity index is 527. The smallest absolute Gasteiger partial charge is 0.340 e. The Morgan fingerprint density at radius 1 is 1.18 bits per heavy atom. The van der Waals surface area contributed by atoms with E-state index < -0.39 is 24.0 Å². The molecule has 0 heterocycles. The van der Waals surface area contributed by atoms with E-state index in [-0.39, 0.29) is 11.5 Å². The van der Waals surface area contributed by atoms with Crippen molar-refractivity contribution in [2.45, 2.75) is 39.4 Å². The molecule has 1 aromatic rings. The minimum absolute atomic E-state index is 0.103.